The van der Waals surface area contributed by atoms with Gasteiger partial charge in [-0.05, 0) is 18.2 Å². The van der Waals surface area contributed by atoms with Gasteiger partial charge in [-0.3, -0.25) is 4.79 Å². The highest BCUT2D eigenvalue weighted by Crippen LogP contribution is 2.36. The highest BCUT2D eigenvalue weighted by atomic mass is 35.5. The average molecular weight is 338 g/mol. The van der Waals surface area contributed by atoms with E-state index in [1.165, 1.54) is 12.4 Å². The Morgan fingerprint density at radius 3 is 2.86 bits per heavy atom. The van der Waals surface area contributed by atoms with E-state index in [9.17, 15) is 4.79 Å². The first-order valence-electron chi connectivity index (χ1n) is 6.18. The van der Waals surface area contributed by atoms with E-state index in [-0.39, 0.29) is 17.5 Å². The second-order valence-electron chi connectivity index (χ2n) is 4.27. The molecule has 112 valence electrons. The summed E-state index contributed by atoms with van der Waals surface area (Å²) in [5.74, 6) is 0.687. The fraction of sp³-hybridized carbons (Fsp3) is 0.0714. The maximum atomic E-state index is 11.9. The number of nitrogens with one attached hydrogen (secondary N) is 1. The van der Waals surface area contributed by atoms with Crippen LogP contribution in [0.1, 0.15) is 15.9 Å². The summed E-state index contributed by atoms with van der Waals surface area (Å²) in [4.78, 5) is 15.7. The van der Waals surface area contributed by atoms with Crippen molar-refractivity contribution in [2.45, 2.75) is 0 Å². The minimum absolute atomic E-state index is 0.108. The molecule has 0 spiro atoms. The molecule has 0 fully saturated rings. The molecule has 1 aliphatic rings. The van der Waals surface area contributed by atoms with Crippen LogP contribution in [0.3, 0.4) is 0 Å². The molecule has 2 aromatic rings. The summed E-state index contributed by atoms with van der Waals surface area (Å²) in [5, 5.41) is 4.39. The fourth-order valence-corrected chi connectivity index (χ4v) is 2.22. The van der Waals surface area contributed by atoms with Crippen LogP contribution in [0.25, 0.3) is 0 Å². The zero-order valence-corrected chi connectivity index (χ0v) is 12.6. The molecule has 0 saturated heterocycles. The Kier molecular flexibility index (Phi) is 4.13. The molecular formula is C14H9Cl2N3O3. The molecule has 0 unspecified atom stereocenters. The second kappa shape index (κ2) is 6.21. The maximum Gasteiger partial charge on any atom is 0.274 e. The number of aromatic nitrogens is 1. The Hall–Kier alpha value is -2.31. The number of hydrogen-bond donors (Lipinski definition) is 1. The van der Waals surface area contributed by atoms with Gasteiger partial charge in [0.1, 0.15) is 5.15 Å². The lowest BCUT2D eigenvalue weighted by Crippen LogP contribution is -2.18. The van der Waals surface area contributed by atoms with Crippen LogP contribution in [0.4, 0.5) is 0 Å². The predicted molar refractivity (Wildman–Crippen MR) is 81.9 cm³/mol. The fourth-order valence-electron chi connectivity index (χ4n) is 1.81. The Bertz CT molecular complexity index is 765. The topological polar surface area (TPSA) is 72.8 Å². The van der Waals surface area contributed by atoms with Gasteiger partial charge in [0.15, 0.2) is 11.5 Å². The van der Waals surface area contributed by atoms with E-state index in [4.69, 9.17) is 32.7 Å². The average Bonchev–Trinajstić information content (AvgIpc) is 2.94. The first kappa shape index (κ1) is 14.6. The SMILES string of the molecule is O=C(NN=Cc1cc2c(cc1Cl)OCO2)c1cccnc1Cl. The van der Waals surface area contributed by atoms with E-state index >= 15 is 0 Å². The van der Waals surface area contributed by atoms with Crippen LogP contribution in [0.15, 0.2) is 35.6 Å². The van der Waals surface area contributed by atoms with Crippen LogP contribution < -0.4 is 14.9 Å². The Labute approximate surface area is 135 Å². The van der Waals surface area contributed by atoms with Crippen molar-refractivity contribution >= 4 is 35.3 Å². The highest BCUT2D eigenvalue weighted by Gasteiger charge is 2.16. The summed E-state index contributed by atoms with van der Waals surface area (Å²) < 4.78 is 10.5. The molecule has 0 bridgehead atoms. The lowest BCUT2D eigenvalue weighted by molar-refractivity contribution is 0.0955. The van der Waals surface area contributed by atoms with Gasteiger partial charge >= 0.3 is 0 Å². The van der Waals surface area contributed by atoms with Crippen LogP contribution in [0, 0.1) is 0 Å². The molecule has 2 heterocycles. The molecule has 1 aliphatic heterocycles. The van der Waals surface area contributed by atoms with Gasteiger partial charge in [-0.1, -0.05) is 23.2 Å². The van der Waals surface area contributed by atoms with Crippen molar-refractivity contribution in [1.82, 2.24) is 10.4 Å². The minimum atomic E-state index is -0.466. The van der Waals surface area contributed by atoms with Crippen LogP contribution in [0.2, 0.25) is 10.2 Å². The summed E-state index contributed by atoms with van der Waals surface area (Å²) in [7, 11) is 0. The zero-order valence-electron chi connectivity index (χ0n) is 11.0. The molecule has 1 N–H and O–H groups in total. The first-order chi connectivity index (χ1) is 10.6. The predicted octanol–water partition coefficient (Wildman–Crippen LogP) is 2.88. The number of pyridine rings is 1. The van der Waals surface area contributed by atoms with E-state index in [0.717, 1.165) is 0 Å². The molecule has 8 heteroatoms. The largest absolute Gasteiger partial charge is 0.454 e. The number of rotatable bonds is 3. The van der Waals surface area contributed by atoms with Gasteiger partial charge in [0.2, 0.25) is 6.79 Å². The number of hydrogen-bond acceptors (Lipinski definition) is 5. The molecule has 6 nitrogen and oxygen atoms in total. The molecule has 0 radical (unpaired) electrons. The van der Waals surface area contributed by atoms with Crippen molar-refractivity contribution in [1.29, 1.82) is 0 Å². The quantitative estimate of drug-likeness (QED) is 0.531. The summed E-state index contributed by atoms with van der Waals surface area (Å²) in [5.41, 5.74) is 3.18. The van der Waals surface area contributed by atoms with Gasteiger partial charge in [-0.2, -0.15) is 5.10 Å². The molecular weight excluding hydrogens is 329 g/mol. The van der Waals surface area contributed by atoms with Gasteiger partial charge < -0.3 is 9.47 Å². The van der Waals surface area contributed by atoms with Crippen LogP contribution in [0.5, 0.6) is 11.5 Å². The zero-order chi connectivity index (χ0) is 15.5. The Morgan fingerprint density at radius 1 is 1.32 bits per heavy atom. The van der Waals surface area contributed by atoms with Crippen LogP contribution >= 0.6 is 23.2 Å². The molecule has 0 saturated carbocycles. The highest BCUT2D eigenvalue weighted by molar-refractivity contribution is 6.33. The standard InChI is InChI=1S/C14H9Cl2N3O3/c15-10-5-12-11(21-7-22-12)4-8(10)6-18-19-14(20)9-2-1-3-17-13(9)16/h1-6H,7H2,(H,19,20). The first-order valence-corrected chi connectivity index (χ1v) is 6.94. The van der Waals surface area contributed by atoms with E-state index in [1.54, 1.807) is 24.3 Å². The van der Waals surface area contributed by atoms with Gasteiger partial charge in [0.25, 0.3) is 5.91 Å². The third-order valence-electron chi connectivity index (χ3n) is 2.87. The number of nitrogens with zero attached hydrogens (tertiary/aromatic N) is 2. The Balaban J connectivity index is 1.73. The summed E-state index contributed by atoms with van der Waals surface area (Å²) in [6.45, 7) is 0.155. The number of carbonyl (C=O) groups is 1. The van der Waals surface area contributed by atoms with Crippen molar-refractivity contribution in [3.05, 3.63) is 51.8 Å². The van der Waals surface area contributed by atoms with Crippen LogP contribution in [-0.2, 0) is 0 Å². The van der Waals surface area contributed by atoms with E-state index in [0.29, 0.717) is 22.1 Å². The van der Waals surface area contributed by atoms with Gasteiger partial charge in [0.05, 0.1) is 16.8 Å². The van der Waals surface area contributed by atoms with Crippen LogP contribution in [-0.4, -0.2) is 23.9 Å². The lowest BCUT2D eigenvalue weighted by atomic mass is 10.2. The summed E-state index contributed by atoms with van der Waals surface area (Å²) in [6.07, 6.45) is 2.90. The smallest absolute Gasteiger partial charge is 0.274 e. The molecule has 0 aliphatic carbocycles. The lowest BCUT2D eigenvalue weighted by Gasteiger charge is -2.02. The second-order valence-corrected chi connectivity index (χ2v) is 5.03. The molecule has 1 aromatic carbocycles. The van der Waals surface area contributed by atoms with Crippen molar-refractivity contribution < 1.29 is 14.3 Å². The van der Waals surface area contributed by atoms with Gasteiger partial charge in [-0.15, -0.1) is 0 Å². The number of ether oxygens (including phenoxy) is 2. The van der Waals surface area contributed by atoms with E-state index < -0.39 is 5.91 Å². The number of amides is 1. The monoisotopic (exact) mass is 337 g/mol. The Morgan fingerprint density at radius 2 is 2.09 bits per heavy atom. The van der Waals surface area contributed by atoms with Crippen molar-refractivity contribution in [2.24, 2.45) is 5.10 Å². The third-order valence-corrected chi connectivity index (χ3v) is 3.49. The minimum Gasteiger partial charge on any atom is -0.454 e. The van der Waals surface area contributed by atoms with Crippen molar-refractivity contribution in [3.8, 4) is 11.5 Å². The van der Waals surface area contributed by atoms with Gasteiger partial charge in [-0.25, -0.2) is 10.4 Å². The molecule has 1 amide bonds. The van der Waals surface area contributed by atoms with E-state index in [1.807, 2.05) is 0 Å². The molecule has 1 aromatic heterocycles. The summed E-state index contributed by atoms with van der Waals surface area (Å²) >= 11 is 11.9. The number of carbonyl (C=O) groups excluding carboxylic acids is 1. The third kappa shape index (κ3) is 2.98. The maximum absolute atomic E-state index is 11.9. The van der Waals surface area contributed by atoms with Gasteiger partial charge in [0, 0.05) is 17.8 Å². The number of fused-ring (bicyclic) bond motifs is 1. The van der Waals surface area contributed by atoms with Crippen molar-refractivity contribution in [3.63, 3.8) is 0 Å². The van der Waals surface area contributed by atoms with Crippen molar-refractivity contribution in [2.75, 3.05) is 6.79 Å². The molecule has 0 atom stereocenters. The number of benzene rings is 1. The molecule has 22 heavy (non-hydrogen) atoms. The number of hydrazone groups is 1. The number of halogens is 2. The van der Waals surface area contributed by atoms with E-state index in [2.05, 4.69) is 15.5 Å². The molecule has 3 rings (SSSR count). The summed E-state index contributed by atoms with van der Waals surface area (Å²) in [6, 6.07) is 6.47. The normalized spacial score (nSPS) is 12.6.